The van der Waals surface area contributed by atoms with E-state index in [1.807, 2.05) is 0 Å². The van der Waals surface area contributed by atoms with Crippen molar-refractivity contribution >= 4 is 27.3 Å². The molecule has 7 heteroatoms. The molecule has 0 aliphatic heterocycles. The van der Waals surface area contributed by atoms with Crippen molar-refractivity contribution in [1.29, 1.82) is 0 Å². The summed E-state index contributed by atoms with van der Waals surface area (Å²) in [4.78, 5) is 14.3. The molecule has 1 aromatic heterocycles. The predicted octanol–water partition coefficient (Wildman–Crippen LogP) is 3.59. The van der Waals surface area contributed by atoms with Crippen LogP contribution in [-0.2, 0) is 0 Å². The molecule has 0 spiro atoms. The van der Waals surface area contributed by atoms with Crippen LogP contribution in [0.4, 0.5) is 11.4 Å². The van der Waals surface area contributed by atoms with Gasteiger partial charge in [-0.05, 0) is 6.07 Å². The second-order valence-corrected chi connectivity index (χ2v) is 4.58. The predicted molar refractivity (Wildman–Crippen MR) is 74.7 cm³/mol. The van der Waals surface area contributed by atoms with Gasteiger partial charge in [-0.2, -0.15) is 0 Å². The lowest BCUT2D eigenvalue weighted by molar-refractivity contribution is -0.385. The second-order valence-electron chi connectivity index (χ2n) is 3.66. The van der Waals surface area contributed by atoms with E-state index in [1.165, 1.54) is 18.3 Å². The Labute approximate surface area is 117 Å². The Balaban J connectivity index is 2.29. The summed E-state index contributed by atoms with van der Waals surface area (Å²) in [6.45, 7) is 0. The van der Waals surface area contributed by atoms with Crippen LogP contribution in [0.15, 0.2) is 41.1 Å². The molecular formula is C12H10BrN3O3. The van der Waals surface area contributed by atoms with Crippen molar-refractivity contribution in [3.63, 3.8) is 0 Å². The zero-order valence-corrected chi connectivity index (χ0v) is 11.5. The van der Waals surface area contributed by atoms with E-state index in [0.717, 1.165) is 5.69 Å². The molecule has 0 unspecified atom stereocenters. The van der Waals surface area contributed by atoms with Gasteiger partial charge in [-0.1, -0.05) is 15.9 Å². The van der Waals surface area contributed by atoms with Gasteiger partial charge in [0, 0.05) is 23.7 Å². The molecule has 0 aliphatic rings. The number of ether oxygens (including phenoxy) is 1. The number of nitro benzene ring substituents is 1. The van der Waals surface area contributed by atoms with Crippen molar-refractivity contribution in [2.45, 2.75) is 0 Å². The van der Waals surface area contributed by atoms with Crippen LogP contribution in [0.5, 0.6) is 11.5 Å². The van der Waals surface area contributed by atoms with Crippen LogP contribution in [0.2, 0.25) is 0 Å². The van der Waals surface area contributed by atoms with Gasteiger partial charge in [0.1, 0.15) is 11.5 Å². The largest absolute Gasteiger partial charge is 0.455 e. The normalized spacial score (nSPS) is 10.0. The molecule has 98 valence electrons. The highest BCUT2D eigenvalue weighted by molar-refractivity contribution is 9.10. The Hall–Kier alpha value is -2.15. The van der Waals surface area contributed by atoms with Crippen molar-refractivity contribution in [2.24, 2.45) is 0 Å². The minimum Gasteiger partial charge on any atom is -0.455 e. The van der Waals surface area contributed by atoms with Crippen LogP contribution in [0.3, 0.4) is 0 Å². The molecule has 0 amide bonds. The molecule has 1 aromatic carbocycles. The van der Waals surface area contributed by atoms with E-state index >= 15 is 0 Å². The Morgan fingerprint density at radius 2 is 2.05 bits per heavy atom. The standard InChI is InChI=1S/C12H10BrN3O3/c1-14-9-4-12(7-15-6-9)19-11-3-8(13)2-10(5-11)16(17)18/h2-7,14H,1H3. The molecule has 1 heterocycles. The average molecular weight is 324 g/mol. The molecule has 2 rings (SSSR count). The van der Waals surface area contributed by atoms with Crippen LogP contribution in [0.25, 0.3) is 0 Å². The van der Waals surface area contributed by atoms with Gasteiger partial charge in [-0.3, -0.25) is 15.1 Å². The summed E-state index contributed by atoms with van der Waals surface area (Å²) >= 11 is 3.21. The van der Waals surface area contributed by atoms with Crippen molar-refractivity contribution in [3.05, 3.63) is 51.2 Å². The van der Waals surface area contributed by atoms with Gasteiger partial charge in [-0.15, -0.1) is 0 Å². The number of hydrogen-bond acceptors (Lipinski definition) is 5. The van der Waals surface area contributed by atoms with Gasteiger partial charge in [-0.25, -0.2) is 0 Å². The molecule has 0 atom stereocenters. The van der Waals surface area contributed by atoms with Crippen LogP contribution in [0, 0.1) is 10.1 Å². The van der Waals surface area contributed by atoms with E-state index in [4.69, 9.17) is 4.74 Å². The second kappa shape index (κ2) is 5.66. The van der Waals surface area contributed by atoms with E-state index in [0.29, 0.717) is 16.0 Å². The van der Waals surface area contributed by atoms with Crippen LogP contribution in [0.1, 0.15) is 0 Å². The first kappa shape index (κ1) is 13.3. The van der Waals surface area contributed by atoms with Gasteiger partial charge in [0.05, 0.1) is 29.1 Å². The number of rotatable bonds is 4. The first-order valence-electron chi connectivity index (χ1n) is 5.34. The first-order valence-corrected chi connectivity index (χ1v) is 6.13. The molecule has 0 bridgehead atoms. The molecule has 0 radical (unpaired) electrons. The summed E-state index contributed by atoms with van der Waals surface area (Å²) in [5.74, 6) is 0.871. The molecule has 6 nitrogen and oxygen atoms in total. The fourth-order valence-electron chi connectivity index (χ4n) is 1.46. The summed E-state index contributed by atoms with van der Waals surface area (Å²) in [6.07, 6.45) is 3.18. The molecule has 1 N–H and O–H groups in total. The number of nitrogens with zero attached hydrogens (tertiary/aromatic N) is 2. The molecule has 0 aliphatic carbocycles. The minimum atomic E-state index is -0.472. The maximum atomic E-state index is 10.8. The summed E-state index contributed by atoms with van der Waals surface area (Å²) in [5.41, 5.74) is 0.754. The Bertz CT molecular complexity index is 619. The molecule has 0 saturated carbocycles. The third kappa shape index (κ3) is 3.41. The number of nitrogens with one attached hydrogen (secondary N) is 1. The monoisotopic (exact) mass is 323 g/mol. The van der Waals surface area contributed by atoms with Gasteiger partial charge >= 0.3 is 0 Å². The third-order valence-electron chi connectivity index (χ3n) is 2.30. The summed E-state index contributed by atoms with van der Waals surface area (Å²) in [7, 11) is 1.77. The molecule has 0 saturated heterocycles. The molecule has 0 fully saturated rings. The fraction of sp³-hybridized carbons (Fsp3) is 0.0833. The maximum Gasteiger partial charge on any atom is 0.274 e. The van der Waals surface area contributed by atoms with E-state index in [9.17, 15) is 10.1 Å². The van der Waals surface area contributed by atoms with E-state index in [-0.39, 0.29) is 5.69 Å². The van der Waals surface area contributed by atoms with E-state index in [1.54, 1.807) is 25.4 Å². The lowest BCUT2D eigenvalue weighted by Crippen LogP contribution is -1.92. The third-order valence-corrected chi connectivity index (χ3v) is 2.76. The van der Waals surface area contributed by atoms with Gasteiger partial charge < -0.3 is 10.1 Å². The Kier molecular flexibility index (Phi) is 3.96. The van der Waals surface area contributed by atoms with Gasteiger partial charge in [0.15, 0.2) is 0 Å². The quantitative estimate of drug-likeness (QED) is 0.687. The van der Waals surface area contributed by atoms with Crippen molar-refractivity contribution in [1.82, 2.24) is 4.98 Å². The van der Waals surface area contributed by atoms with Crippen LogP contribution < -0.4 is 10.1 Å². The SMILES string of the molecule is CNc1cncc(Oc2cc(Br)cc([N+](=O)[O-])c2)c1. The van der Waals surface area contributed by atoms with Gasteiger partial charge in [0.2, 0.25) is 0 Å². The smallest absolute Gasteiger partial charge is 0.274 e. The summed E-state index contributed by atoms with van der Waals surface area (Å²) in [6, 6.07) is 6.17. The first-order chi connectivity index (χ1) is 9.08. The van der Waals surface area contributed by atoms with Crippen molar-refractivity contribution < 1.29 is 9.66 Å². The van der Waals surface area contributed by atoms with Crippen LogP contribution in [-0.4, -0.2) is 17.0 Å². The highest BCUT2D eigenvalue weighted by Gasteiger charge is 2.10. The van der Waals surface area contributed by atoms with Crippen LogP contribution >= 0.6 is 15.9 Å². The lowest BCUT2D eigenvalue weighted by Gasteiger charge is -2.07. The Morgan fingerprint density at radius 3 is 2.74 bits per heavy atom. The molecule has 19 heavy (non-hydrogen) atoms. The number of pyridine rings is 1. The van der Waals surface area contributed by atoms with E-state index < -0.39 is 4.92 Å². The highest BCUT2D eigenvalue weighted by atomic mass is 79.9. The number of non-ortho nitro benzene ring substituents is 1. The number of nitro groups is 1. The van der Waals surface area contributed by atoms with Crippen molar-refractivity contribution in [3.8, 4) is 11.5 Å². The maximum absolute atomic E-state index is 10.8. The number of hydrogen-bond donors (Lipinski definition) is 1. The zero-order chi connectivity index (χ0) is 13.8. The van der Waals surface area contributed by atoms with E-state index in [2.05, 4.69) is 26.2 Å². The minimum absolute atomic E-state index is 0.0397. The Morgan fingerprint density at radius 1 is 1.26 bits per heavy atom. The average Bonchev–Trinajstić information content (AvgIpc) is 2.38. The zero-order valence-electron chi connectivity index (χ0n) is 9.96. The lowest BCUT2D eigenvalue weighted by atomic mass is 10.3. The number of aromatic nitrogens is 1. The summed E-state index contributed by atoms with van der Waals surface area (Å²) < 4.78 is 6.13. The molecule has 2 aromatic rings. The van der Waals surface area contributed by atoms with Gasteiger partial charge in [0.25, 0.3) is 5.69 Å². The number of benzene rings is 1. The number of anilines is 1. The topological polar surface area (TPSA) is 77.3 Å². The van der Waals surface area contributed by atoms with Crippen molar-refractivity contribution in [2.75, 3.05) is 12.4 Å². The summed E-state index contributed by atoms with van der Waals surface area (Å²) in [5, 5.41) is 13.7. The fourth-order valence-corrected chi connectivity index (χ4v) is 1.92. The number of halogens is 1. The highest BCUT2D eigenvalue weighted by Crippen LogP contribution is 2.30. The molecular weight excluding hydrogens is 314 g/mol.